The van der Waals surface area contributed by atoms with E-state index in [0.717, 1.165) is 5.56 Å². The third-order valence-electron chi connectivity index (χ3n) is 2.45. The Hall–Kier alpha value is -1.62. The highest BCUT2D eigenvalue weighted by Gasteiger charge is 2.16. The van der Waals surface area contributed by atoms with Gasteiger partial charge in [-0.1, -0.05) is 0 Å². The number of nitrogens with zero attached hydrogens (tertiary/aromatic N) is 2. The summed E-state index contributed by atoms with van der Waals surface area (Å²) in [7, 11) is 0. The van der Waals surface area contributed by atoms with E-state index in [1.54, 1.807) is 11.1 Å². The second kappa shape index (κ2) is 4.94. The van der Waals surface area contributed by atoms with Crippen molar-refractivity contribution >= 4 is 11.8 Å². The predicted octanol–water partition coefficient (Wildman–Crippen LogP) is 1.50. The van der Waals surface area contributed by atoms with E-state index in [2.05, 4.69) is 10.3 Å². The summed E-state index contributed by atoms with van der Waals surface area (Å²) in [4.78, 5) is 17.6. The molecule has 1 aliphatic heterocycles. The highest BCUT2D eigenvalue weighted by atomic mass is 16.5. The molecule has 5 nitrogen and oxygen atoms in total. The first-order valence-electron chi connectivity index (χ1n) is 5.32. The summed E-state index contributed by atoms with van der Waals surface area (Å²) in [5.74, 6) is 0.594. The first-order chi connectivity index (χ1) is 7.75. The number of urea groups is 1. The number of carbonyl (C=O) groups excluding carboxylic acids is 1. The van der Waals surface area contributed by atoms with Gasteiger partial charge in [-0.25, -0.2) is 9.78 Å². The molecule has 16 heavy (non-hydrogen) atoms. The molecule has 1 aromatic heterocycles. The van der Waals surface area contributed by atoms with E-state index in [1.165, 1.54) is 0 Å². The molecule has 1 N–H and O–H groups in total. The van der Waals surface area contributed by atoms with Crippen molar-refractivity contribution in [3.63, 3.8) is 0 Å². The Kier molecular flexibility index (Phi) is 3.36. The molecular formula is C11H17N3O2. The molecule has 0 aliphatic carbocycles. The van der Waals surface area contributed by atoms with Crippen LogP contribution in [0.5, 0.6) is 0 Å². The van der Waals surface area contributed by atoms with Crippen molar-refractivity contribution in [2.45, 2.75) is 6.92 Å². The fourth-order valence-electron chi connectivity index (χ4n) is 1.56. The molecule has 0 bridgehead atoms. The molecule has 0 atom stereocenters. The molecular weight excluding hydrogens is 206 g/mol. The van der Waals surface area contributed by atoms with E-state index in [0.29, 0.717) is 32.1 Å². The van der Waals surface area contributed by atoms with Gasteiger partial charge in [0.1, 0.15) is 5.82 Å². The van der Waals surface area contributed by atoms with Gasteiger partial charge in [-0.2, -0.15) is 0 Å². The lowest BCUT2D eigenvalue weighted by atomic mass is 10.3. The van der Waals surface area contributed by atoms with Crippen LogP contribution in [0.3, 0.4) is 0 Å². The van der Waals surface area contributed by atoms with Gasteiger partial charge in [0.05, 0.1) is 13.2 Å². The van der Waals surface area contributed by atoms with E-state index in [9.17, 15) is 4.79 Å². The minimum absolute atomic E-state index is 0. The van der Waals surface area contributed by atoms with Crippen LogP contribution in [0.1, 0.15) is 6.99 Å². The molecule has 2 amide bonds. The summed E-state index contributed by atoms with van der Waals surface area (Å²) in [5, 5.41) is 2.77. The van der Waals surface area contributed by atoms with Crippen LogP contribution in [0.15, 0.2) is 18.3 Å². The number of anilines is 1. The van der Waals surface area contributed by atoms with Crippen molar-refractivity contribution in [3.05, 3.63) is 23.9 Å². The quantitative estimate of drug-likeness (QED) is 0.785. The zero-order valence-corrected chi connectivity index (χ0v) is 9.27. The number of aromatic nitrogens is 1. The van der Waals surface area contributed by atoms with Crippen molar-refractivity contribution in [3.8, 4) is 0 Å². The van der Waals surface area contributed by atoms with Gasteiger partial charge in [-0.05, 0) is 24.6 Å². The zero-order valence-electron chi connectivity index (χ0n) is 9.27. The molecule has 0 unspecified atom stereocenters. The molecule has 0 saturated carbocycles. The topological polar surface area (TPSA) is 54.5 Å². The molecule has 0 aromatic carbocycles. The fourth-order valence-corrected chi connectivity index (χ4v) is 1.56. The van der Waals surface area contributed by atoms with Crippen molar-refractivity contribution in [1.29, 1.82) is 0 Å². The Bertz CT molecular complexity index is 381. The number of morpholine rings is 1. The molecule has 2 heterocycles. The Morgan fingerprint density at radius 2 is 2.31 bits per heavy atom. The molecule has 1 saturated heterocycles. The van der Waals surface area contributed by atoms with Crippen LogP contribution in [0.4, 0.5) is 10.6 Å². The minimum atomic E-state index is -0.110. The predicted molar refractivity (Wildman–Crippen MR) is 62.5 cm³/mol. The first kappa shape index (κ1) is 10.9. The summed E-state index contributed by atoms with van der Waals surface area (Å²) >= 11 is 0. The normalized spacial score (nSPS) is 15.9. The number of hydrogen-bond acceptors (Lipinski definition) is 3. The second-order valence-corrected chi connectivity index (χ2v) is 3.75. The standard InChI is InChI=1S/C11H15N3O2.H2/c1-9-2-3-12-10(8-9)13-11(15)14-4-6-16-7-5-14;/h2-3,8H,4-7H2,1H3,(H,12,13,15);1H. The molecule has 0 spiro atoms. The van der Waals surface area contributed by atoms with Gasteiger partial charge in [0, 0.05) is 20.7 Å². The van der Waals surface area contributed by atoms with E-state index in [-0.39, 0.29) is 7.46 Å². The number of ether oxygens (including phenoxy) is 1. The van der Waals surface area contributed by atoms with Crippen molar-refractivity contribution in [1.82, 2.24) is 9.88 Å². The van der Waals surface area contributed by atoms with Crippen LogP contribution < -0.4 is 5.32 Å². The second-order valence-electron chi connectivity index (χ2n) is 3.75. The van der Waals surface area contributed by atoms with Crippen LogP contribution in [0.2, 0.25) is 0 Å². The highest BCUT2D eigenvalue weighted by Crippen LogP contribution is 2.07. The average Bonchev–Trinajstić information content (AvgIpc) is 2.30. The van der Waals surface area contributed by atoms with Crippen LogP contribution in [0, 0.1) is 6.92 Å². The van der Waals surface area contributed by atoms with Crippen LogP contribution in [-0.4, -0.2) is 42.2 Å². The lowest BCUT2D eigenvalue weighted by Crippen LogP contribution is -2.43. The number of hydrogen-bond donors (Lipinski definition) is 1. The Morgan fingerprint density at radius 1 is 1.56 bits per heavy atom. The largest absolute Gasteiger partial charge is 0.378 e. The van der Waals surface area contributed by atoms with Crippen LogP contribution >= 0.6 is 0 Å². The maximum Gasteiger partial charge on any atom is 0.323 e. The van der Waals surface area contributed by atoms with Crippen LogP contribution in [-0.2, 0) is 4.74 Å². The number of amides is 2. The van der Waals surface area contributed by atoms with Gasteiger partial charge in [-0.3, -0.25) is 5.32 Å². The molecule has 1 aromatic rings. The molecule has 2 rings (SSSR count). The van der Waals surface area contributed by atoms with E-state index >= 15 is 0 Å². The number of nitrogens with one attached hydrogen (secondary N) is 1. The van der Waals surface area contributed by atoms with E-state index in [1.807, 2.05) is 19.1 Å². The minimum Gasteiger partial charge on any atom is -0.378 e. The van der Waals surface area contributed by atoms with Crippen molar-refractivity contribution in [2.75, 3.05) is 31.6 Å². The Balaban J connectivity index is 0.00000144. The molecule has 0 radical (unpaired) electrons. The maximum atomic E-state index is 11.8. The first-order valence-corrected chi connectivity index (χ1v) is 5.32. The van der Waals surface area contributed by atoms with Gasteiger partial charge < -0.3 is 9.64 Å². The highest BCUT2D eigenvalue weighted by molar-refractivity contribution is 5.88. The number of aryl methyl sites for hydroxylation is 1. The van der Waals surface area contributed by atoms with Crippen molar-refractivity contribution < 1.29 is 11.0 Å². The zero-order chi connectivity index (χ0) is 11.4. The summed E-state index contributed by atoms with van der Waals surface area (Å²) in [6, 6.07) is 3.63. The number of pyridine rings is 1. The number of rotatable bonds is 1. The lowest BCUT2D eigenvalue weighted by Gasteiger charge is -2.26. The molecule has 5 heteroatoms. The maximum absolute atomic E-state index is 11.8. The third-order valence-corrected chi connectivity index (χ3v) is 2.45. The summed E-state index contributed by atoms with van der Waals surface area (Å²) in [6.45, 7) is 4.45. The third kappa shape index (κ3) is 2.70. The Labute approximate surface area is 95.9 Å². The smallest absolute Gasteiger partial charge is 0.323 e. The van der Waals surface area contributed by atoms with Gasteiger partial charge in [0.25, 0.3) is 0 Å². The fraction of sp³-hybridized carbons (Fsp3) is 0.455. The monoisotopic (exact) mass is 223 g/mol. The molecule has 1 fully saturated rings. The SMILES string of the molecule is Cc1ccnc(NC(=O)N2CCOCC2)c1.[HH]. The Morgan fingerprint density at radius 3 is 3.00 bits per heavy atom. The van der Waals surface area contributed by atoms with E-state index < -0.39 is 0 Å². The summed E-state index contributed by atoms with van der Waals surface area (Å²) in [6.07, 6.45) is 1.68. The molecule has 88 valence electrons. The molecule has 1 aliphatic rings. The van der Waals surface area contributed by atoms with Crippen molar-refractivity contribution in [2.24, 2.45) is 0 Å². The van der Waals surface area contributed by atoms with Gasteiger partial charge >= 0.3 is 6.03 Å². The van der Waals surface area contributed by atoms with Gasteiger partial charge in [0.2, 0.25) is 0 Å². The van der Waals surface area contributed by atoms with Gasteiger partial charge in [-0.15, -0.1) is 0 Å². The summed E-state index contributed by atoms with van der Waals surface area (Å²) in [5.41, 5.74) is 1.08. The summed E-state index contributed by atoms with van der Waals surface area (Å²) < 4.78 is 5.18. The van der Waals surface area contributed by atoms with Crippen LogP contribution in [0.25, 0.3) is 0 Å². The average molecular weight is 223 g/mol. The number of carbonyl (C=O) groups is 1. The van der Waals surface area contributed by atoms with E-state index in [4.69, 9.17) is 4.74 Å². The lowest BCUT2D eigenvalue weighted by molar-refractivity contribution is 0.0564. The van der Waals surface area contributed by atoms with Gasteiger partial charge in [0.15, 0.2) is 0 Å².